The van der Waals surface area contributed by atoms with Crippen LogP contribution < -0.4 is 15.4 Å². The Morgan fingerprint density at radius 3 is 2.95 bits per heavy atom. The Bertz CT molecular complexity index is 604. The summed E-state index contributed by atoms with van der Waals surface area (Å²) in [5, 5.41) is 5.09. The minimum Gasteiger partial charge on any atom is -0.439 e. The monoisotopic (exact) mass is 275 g/mol. The van der Waals surface area contributed by atoms with E-state index >= 15 is 0 Å². The Labute approximate surface area is 115 Å². The van der Waals surface area contributed by atoms with Gasteiger partial charge in [0, 0.05) is 31.4 Å². The molecule has 2 amide bonds. The van der Waals surface area contributed by atoms with Crippen molar-refractivity contribution in [1.82, 2.24) is 15.6 Å². The highest BCUT2D eigenvalue weighted by molar-refractivity contribution is 5.73. The van der Waals surface area contributed by atoms with E-state index in [1.807, 2.05) is 0 Å². The number of carbonyl (C=O) groups excluding carboxylic acids is 1. The summed E-state index contributed by atoms with van der Waals surface area (Å²) in [6.07, 6.45) is 1.57. The second kappa shape index (κ2) is 6.51. The minimum absolute atomic E-state index is 0.262. The maximum atomic E-state index is 13.1. The molecule has 2 aromatic rings. The first kappa shape index (κ1) is 13.8. The van der Waals surface area contributed by atoms with E-state index in [9.17, 15) is 9.18 Å². The van der Waals surface area contributed by atoms with Crippen molar-refractivity contribution < 1.29 is 13.9 Å². The Morgan fingerprint density at radius 1 is 1.35 bits per heavy atom. The quantitative estimate of drug-likeness (QED) is 0.900. The predicted octanol–water partition coefficient (Wildman–Crippen LogP) is 2.44. The van der Waals surface area contributed by atoms with Crippen LogP contribution in [0, 0.1) is 5.82 Å². The third-order valence-corrected chi connectivity index (χ3v) is 2.53. The highest BCUT2D eigenvalue weighted by atomic mass is 19.1. The van der Waals surface area contributed by atoms with Crippen LogP contribution in [0.4, 0.5) is 9.18 Å². The molecule has 20 heavy (non-hydrogen) atoms. The summed E-state index contributed by atoms with van der Waals surface area (Å²) in [6, 6.07) is 9.00. The Hall–Kier alpha value is -2.63. The zero-order valence-electron chi connectivity index (χ0n) is 10.9. The first-order valence-corrected chi connectivity index (χ1v) is 6.02. The van der Waals surface area contributed by atoms with Crippen molar-refractivity contribution in [2.24, 2.45) is 0 Å². The molecule has 0 unspecified atom stereocenters. The number of hydrogen-bond acceptors (Lipinski definition) is 3. The number of amides is 2. The van der Waals surface area contributed by atoms with E-state index in [1.165, 1.54) is 19.2 Å². The van der Waals surface area contributed by atoms with Gasteiger partial charge in [-0.1, -0.05) is 12.1 Å². The van der Waals surface area contributed by atoms with Gasteiger partial charge in [-0.2, -0.15) is 0 Å². The van der Waals surface area contributed by atoms with E-state index in [4.69, 9.17) is 4.74 Å². The number of halogens is 1. The van der Waals surface area contributed by atoms with Crippen LogP contribution in [0.5, 0.6) is 11.6 Å². The van der Waals surface area contributed by atoms with Crippen molar-refractivity contribution in [3.8, 4) is 11.6 Å². The summed E-state index contributed by atoms with van der Waals surface area (Å²) in [6.45, 7) is 0.262. The van der Waals surface area contributed by atoms with Crippen LogP contribution in [0.25, 0.3) is 0 Å². The number of nitrogens with zero attached hydrogens (tertiary/aromatic N) is 1. The number of rotatable bonds is 4. The molecule has 0 aliphatic rings. The number of hydrogen-bond donors (Lipinski definition) is 2. The van der Waals surface area contributed by atoms with Gasteiger partial charge in [-0.15, -0.1) is 0 Å². The second-order valence-corrected chi connectivity index (χ2v) is 3.96. The molecule has 0 bridgehead atoms. The smallest absolute Gasteiger partial charge is 0.314 e. The highest BCUT2D eigenvalue weighted by Crippen LogP contribution is 2.23. The van der Waals surface area contributed by atoms with Gasteiger partial charge in [0.05, 0.1) is 0 Å². The molecule has 0 saturated heterocycles. The summed E-state index contributed by atoms with van der Waals surface area (Å²) in [5.74, 6) is 0.294. The molecule has 1 aromatic heterocycles. The van der Waals surface area contributed by atoms with Crippen molar-refractivity contribution in [2.75, 3.05) is 7.05 Å². The third kappa shape index (κ3) is 3.68. The summed E-state index contributed by atoms with van der Waals surface area (Å²) >= 11 is 0. The molecule has 5 nitrogen and oxygen atoms in total. The number of pyridine rings is 1. The van der Waals surface area contributed by atoms with Gasteiger partial charge in [0.2, 0.25) is 5.88 Å². The fraction of sp³-hybridized carbons (Fsp3) is 0.143. The van der Waals surface area contributed by atoms with E-state index < -0.39 is 0 Å². The second-order valence-electron chi connectivity index (χ2n) is 3.96. The van der Waals surface area contributed by atoms with Gasteiger partial charge >= 0.3 is 6.03 Å². The molecule has 0 aliphatic heterocycles. The van der Waals surface area contributed by atoms with E-state index in [-0.39, 0.29) is 18.4 Å². The van der Waals surface area contributed by atoms with E-state index in [2.05, 4.69) is 15.6 Å². The molecule has 0 spiro atoms. The maximum absolute atomic E-state index is 13.1. The van der Waals surface area contributed by atoms with Crippen LogP contribution in [0.3, 0.4) is 0 Å². The van der Waals surface area contributed by atoms with Crippen molar-refractivity contribution in [1.29, 1.82) is 0 Å². The van der Waals surface area contributed by atoms with E-state index in [1.54, 1.807) is 30.5 Å². The van der Waals surface area contributed by atoms with Crippen LogP contribution in [-0.2, 0) is 6.54 Å². The normalized spacial score (nSPS) is 9.90. The Balaban J connectivity index is 2.13. The molecule has 2 rings (SSSR count). The minimum atomic E-state index is -0.386. The Morgan fingerprint density at radius 2 is 2.20 bits per heavy atom. The fourth-order valence-corrected chi connectivity index (χ4v) is 1.56. The summed E-state index contributed by atoms with van der Waals surface area (Å²) < 4.78 is 18.6. The number of aromatic nitrogens is 1. The van der Waals surface area contributed by atoms with Gasteiger partial charge in [-0.25, -0.2) is 14.2 Å². The van der Waals surface area contributed by atoms with Crippen molar-refractivity contribution in [2.45, 2.75) is 6.54 Å². The van der Waals surface area contributed by atoms with E-state index in [0.29, 0.717) is 17.2 Å². The lowest BCUT2D eigenvalue weighted by Gasteiger charge is -2.10. The zero-order chi connectivity index (χ0) is 14.4. The van der Waals surface area contributed by atoms with E-state index in [0.717, 1.165) is 0 Å². The first-order valence-electron chi connectivity index (χ1n) is 6.02. The van der Waals surface area contributed by atoms with Crippen LogP contribution in [0.2, 0.25) is 0 Å². The van der Waals surface area contributed by atoms with Gasteiger partial charge in [0.1, 0.15) is 11.6 Å². The summed E-state index contributed by atoms with van der Waals surface area (Å²) in [4.78, 5) is 15.3. The number of ether oxygens (including phenoxy) is 1. The lowest BCUT2D eigenvalue weighted by molar-refractivity contribution is 0.242. The average Bonchev–Trinajstić information content (AvgIpc) is 2.46. The topological polar surface area (TPSA) is 63.2 Å². The van der Waals surface area contributed by atoms with Gasteiger partial charge in [0.25, 0.3) is 0 Å². The SMILES string of the molecule is CNC(=O)NCc1cccnc1Oc1cccc(F)c1. The number of urea groups is 1. The lowest BCUT2D eigenvalue weighted by Crippen LogP contribution is -2.32. The largest absolute Gasteiger partial charge is 0.439 e. The molecule has 0 aliphatic carbocycles. The van der Waals surface area contributed by atoms with Crippen LogP contribution in [0.1, 0.15) is 5.56 Å². The first-order chi connectivity index (χ1) is 9.69. The fourth-order valence-electron chi connectivity index (χ4n) is 1.56. The summed E-state index contributed by atoms with van der Waals surface area (Å²) in [5.41, 5.74) is 0.695. The lowest BCUT2D eigenvalue weighted by atomic mass is 10.2. The predicted molar refractivity (Wildman–Crippen MR) is 72.0 cm³/mol. The standard InChI is InChI=1S/C14H14FN3O2/c1-16-14(19)18-9-10-4-3-7-17-13(10)20-12-6-2-5-11(15)8-12/h2-8H,9H2,1H3,(H2,16,18,19). The average molecular weight is 275 g/mol. The molecular weight excluding hydrogens is 261 g/mol. The maximum Gasteiger partial charge on any atom is 0.314 e. The van der Waals surface area contributed by atoms with Crippen molar-refractivity contribution in [3.63, 3.8) is 0 Å². The number of nitrogens with one attached hydrogen (secondary N) is 2. The molecule has 0 fully saturated rings. The van der Waals surface area contributed by atoms with Crippen LogP contribution in [0.15, 0.2) is 42.6 Å². The van der Waals surface area contributed by atoms with Crippen LogP contribution in [-0.4, -0.2) is 18.1 Å². The highest BCUT2D eigenvalue weighted by Gasteiger charge is 2.07. The van der Waals surface area contributed by atoms with Gasteiger partial charge in [-0.3, -0.25) is 0 Å². The molecule has 0 atom stereocenters. The zero-order valence-corrected chi connectivity index (χ0v) is 10.9. The molecule has 2 N–H and O–H groups in total. The molecule has 1 aromatic carbocycles. The van der Waals surface area contributed by atoms with Gasteiger partial charge in [0.15, 0.2) is 0 Å². The third-order valence-electron chi connectivity index (χ3n) is 2.53. The molecule has 0 saturated carbocycles. The molecule has 6 heteroatoms. The summed E-state index contributed by atoms with van der Waals surface area (Å²) in [7, 11) is 1.53. The van der Waals surface area contributed by atoms with Crippen molar-refractivity contribution in [3.05, 3.63) is 54.0 Å². The number of carbonyl (C=O) groups is 1. The van der Waals surface area contributed by atoms with Gasteiger partial charge in [-0.05, 0) is 18.2 Å². The van der Waals surface area contributed by atoms with Gasteiger partial charge < -0.3 is 15.4 Å². The molecule has 1 heterocycles. The Kier molecular flexibility index (Phi) is 4.49. The van der Waals surface area contributed by atoms with Crippen molar-refractivity contribution >= 4 is 6.03 Å². The molecular formula is C14H14FN3O2. The molecule has 104 valence electrons. The molecule has 0 radical (unpaired) electrons. The number of benzene rings is 1. The van der Waals surface area contributed by atoms with Crippen LogP contribution >= 0.6 is 0 Å².